The largest absolute Gasteiger partial charge is 0.445 e. The smallest absolute Gasteiger partial charge is 0.410 e. The Balaban J connectivity index is 2.39. The molecule has 0 bridgehead atoms. The van der Waals surface area contributed by atoms with Crippen molar-refractivity contribution in [1.29, 1.82) is 0 Å². The minimum Gasteiger partial charge on any atom is -0.445 e. The number of hydrogen-bond acceptors (Lipinski definition) is 4. The van der Waals surface area contributed by atoms with E-state index in [1.54, 1.807) is 4.90 Å². The van der Waals surface area contributed by atoms with Crippen LogP contribution in [0.4, 0.5) is 4.79 Å². The first-order valence-electron chi connectivity index (χ1n) is 6.91. The minimum absolute atomic E-state index is 0.101. The van der Waals surface area contributed by atoms with Crippen molar-refractivity contribution in [2.24, 2.45) is 0 Å². The molecule has 108 valence electrons. The second-order valence-corrected chi connectivity index (χ2v) is 5.69. The summed E-state index contributed by atoms with van der Waals surface area (Å²) in [6, 6.07) is -0.302. The number of likely N-dealkylation sites (tertiary alicyclic amines) is 1. The Morgan fingerprint density at radius 3 is 2.95 bits per heavy atom. The molecule has 0 aromatic rings. The van der Waals surface area contributed by atoms with E-state index in [9.17, 15) is 9.59 Å². The van der Waals surface area contributed by atoms with E-state index >= 15 is 0 Å². The first kappa shape index (κ1) is 16.1. The van der Waals surface area contributed by atoms with Crippen LogP contribution in [0.2, 0.25) is 0 Å². The summed E-state index contributed by atoms with van der Waals surface area (Å²) in [5.74, 6) is 0.846. The van der Waals surface area contributed by atoms with Crippen LogP contribution in [-0.2, 0) is 9.53 Å². The van der Waals surface area contributed by atoms with Crippen LogP contribution in [0.1, 0.15) is 39.0 Å². The molecule has 0 N–H and O–H groups in total. The average molecular weight is 285 g/mol. The van der Waals surface area contributed by atoms with Gasteiger partial charge in [-0.05, 0) is 19.3 Å². The van der Waals surface area contributed by atoms with Gasteiger partial charge in [0, 0.05) is 12.3 Å². The lowest BCUT2D eigenvalue weighted by atomic mass is 10.2. The third-order valence-electron chi connectivity index (χ3n) is 3.08. The summed E-state index contributed by atoms with van der Waals surface area (Å²) in [5, 5.41) is 0.101. The first-order valence-corrected chi connectivity index (χ1v) is 7.90. The van der Waals surface area contributed by atoms with Gasteiger partial charge in [0.1, 0.15) is 12.6 Å². The number of rotatable bonds is 7. The lowest BCUT2D eigenvalue weighted by molar-refractivity contribution is -0.114. The number of carbonyl (C=O) groups excluding carboxylic acids is 2. The van der Waals surface area contributed by atoms with E-state index in [-0.39, 0.29) is 17.8 Å². The summed E-state index contributed by atoms with van der Waals surface area (Å²) in [5.41, 5.74) is 0. The zero-order valence-electron chi connectivity index (χ0n) is 11.6. The topological polar surface area (TPSA) is 46.6 Å². The summed E-state index contributed by atoms with van der Waals surface area (Å²) in [7, 11) is 0. The lowest BCUT2D eigenvalue weighted by Gasteiger charge is -2.22. The Labute approximate surface area is 119 Å². The monoisotopic (exact) mass is 285 g/mol. The van der Waals surface area contributed by atoms with Gasteiger partial charge in [0.25, 0.3) is 0 Å². The molecule has 1 amide bonds. The lowest BCUT2D eigenvalue weighted by Crippen LogP contribution is -2.40. The predicted molar refractivity (Wildman–Crippen MR) is 78.3 cm³/mol. The zero-order chi connectivity index (χ0) is 14.1. The fourth-order valence-electron chi connectivity index (χ4n) is 2.06. The maximum Gasteiger partial charge on any atom is 0.410 e. The minimum atomic E-state index is -0.398. The predicted octanol–water partition coefficient (Wildman–Crippen LogP) is 3.22. The third kappa shape index (κ3) is 5.27. The van der Waals surface area contributed by atoms with Gasteiger partial charge in [0.05, 0.1) is 0 Å². The van der Waals surface area contributed by atoms with Crippen molar-refractivity contribution < 1.29 is 14.3 Å². The molecule has 1 atom stereocenters. The van der Waals surface area contributed by atoms with E-state index in [1.807, 2.05) is 0 Å². The Morgan fingerprint density at radius 2 is 2.26 bits per heavy atom. The van der Waals surface area contributed by atoms with Gasteiger partial charge in [-0.25, -0.2) is 4.79 Å². The maximum absolute atomic E-state index is 12.1. The van der Waals surface area contributed by atoms with Crippen LogP contribution < -0.4 is 0 Å². The summed E-state index contributed by atoms with van der Waals surface area (Å²) in [6.45, 7) is 6.45. The fraction of sp³-hybridized carbons (Fsp3) is 0.714. The molecule has 0 aromatic carbocycles. The summed E-state index contributed by atoms with van der Waals surface area (Å²) < 4.78 is 5.01. The second-order valence-electron chi connectivity index (χ2n) is 4.59. The van der Waals surface area contributed by atoms with Gasteiger partial charge in [-0.15, -0.1) is 0 Å². The van der Waals surface area contributed by atoms with Crippen molar-refractivity contribution in [1.82, 2.24) is 4.90 Å². The van der Waals surface area contributed by atoms with Gasteiger partial charge >= 0.3 is 6.09 Å². The standard InChI is InChI=1S/C14H23NO3S/c1-3-5-6-11-19-13(16)12-8-7-9-15(12)14(17)18-10-4-2/h4,12H,2-3,5-11H2,1H3. The molecule has 1 unspecified atom stereocenters. The molecule has 1 aliphatic heterocycles. The van der Waals surface area contributed by atoms with Gasteiger partial charge in [-0.2, -0.15) is 0 Å². The molecule has 4 nitrogen and oxygen atoms in total. The molecule has 0 aliphatic carbocycles. The van der Waals surface area contributed by atoms with E-state index < -0.39 is 6.09 Å². The highest BCUT2D eigenvalue weighted by atomic mass is 32.2. The highest BCUT2D eigenvalue weighted by Crippen LogP contribution is 2.24. The average Bonchev–Trinajstić information content (AvgIpc) is 2.90. The molecular formula is C14H23NO3S. The number of thioether (sulfide) groups is 1. The molecule has 1 rings (SSSR count). The van der Waals surface area contributed by atoms with Crippen molar-refractivity contribution in [2.75, 3.05) is 18.9 Å². The molecule has 5 heteroatoms. The van der Waals surface area contributed by atoms with Crippen LogP contribution >= 0.6 is 11.8 Å². The number of hydrogen-bond donors (Lipinski definition) is 0. The van der Waals surface area contributed by atoms with Gasteiger partial charge < -0.3 is 4.74 Å². The van der Waals surface area contributed by atoms with Crippen LogP contribution in [0.25, 0.3) is 0 Å². The van der Waals surface area contributed by atoms with Gasteiger partial charge in [0.15, 0.2) is 0 Å². The molecule has 1 saturated heterocycles. The molecule has 19 heavy (non-hydrogen) atoms. The molecule has 0 aromatic heterocycles. The summed E-state index contributed by atoms with van der Waals surface area (Å²) in [4.78, 5) is 25.4. The van der Waals surface area contributed by atoms with Crippen LogP contribution in [0.3, 0.4) is 0 Å². The Bertz CT molecular complexity index is 320. The molecule has 0 radical (unpaired) electrons. The molecule has 1 heterocycles. The van der Waals surface area contributed by atoms with Gasteiger partial charge in [0.2, 0.25) is 5.12 Å². The molecule has 1 fully saturated rings. The van der Waals surface area contributed by atoms with Crippen LogP contribution in [0, 0.1) is 0 Å². The van der Waals surface area contributed by atoms with E-state index in [1.165, 1.54) is 17.8 Å². The molecule has 0 spiro atoms. The van der Waals surface area contributed by atoms with Crippen molar-refractivity contribution >= 4 is 23.0 Å². The SMILES string of the molecule is C=CCOC(=O)N1CCCC1C(=O)SCCCCC. The van der Waals surface area contributed by atoms with E-state index in [2.05, 4.69) is 13.5 Å². The highest BCUT2D eigenvalue weighted by molar-refractivity contribution is 8.13. The van der Waals surface area contributed by atoms with Crippen molar-refractivity contribution in [2.45, 2.75) is 45.1 Å². The van der Waals surface area contributed by atoms with Crippen LogP contribution in [0.5, 0.6) is 0 Å². The third-order valence-corrected chi connectivity index (χ3v) is 4.13. The summed E-state index contributed by atoms with van der Waals surface area (Å²) in [6.07, 6.45) is 6.11. The Hall–Kier alpha value is -0.970. The zero-order valence-corrected chi connectivity index (χ0v) is 12.4. The number of amides is 1. The van der Waals surface area contributed by atoms with Crippen molar-refractivity contribution in [3.63, 3.8) is 0 Å². The van der Waals surface area contributed by atoms with E-state index in [0.29, 0.717) is 6.54 Å². The van der Waals surface area contributed by atoms with Crippen LogP contribution in [-0.4, -0.2) is 41.1 Å². The number of ether oxygens (including phenoxy) is 1. The normalized spacial score (nSPS) is 18.4. The second kappa shape index (κ2) is 9.02. The van der Waals surface area contributed by atoms with Gasteiger partial charge in [-0.3, -0.25) is 9.69 Å². The van der Waals surface area contributed by atoms with Crippen molar-refractivity contribution in [3.8, 4) is 0 Å². The number of unbranched alkanes of at least 4 members (excludes halogenated alkanes) is 2. The van der Waals surface area contributed by atoms with E-state index in [4.69, 9.17) is 4.74 Å². The fourth-order valence-corrected chi connectivity index (χ4v) is 3.05. The molecule has 1 aliphatic rings. The highest BCUT2D eigenvalue weighted by Gasteiger charge is 2.34. The van der Waals surface area contributed by atoms with E-state index in [0.717, 1.165) is 37.9 Å². The quantitative estimate of drug-likeness (QED) is 0.532. The number of nitrogens with zero attached hydrogens (tertiary/aromatic N) is 1. The van der Waals surface area contributed by atoms with Gasteiger partial charge in [-0.1, -0.05) is 44.2 Å². The maximum atomic E-state index is 12.1. The molecular weight excluding hydrogens is 262 g/mol. The Kier molecular flexibility index (Phi) is 7.63. The van der Waals surface area contributed by atoms with Crippen molar-refractivity contribution in [3.05, 3.63) is 12.7 Å². The number of carbonyl (C=O) groups is 2. The first-order chi connectivity index (χ1) is 9.20. The molecule has 0 saturated carbocycles. The summed E-state index contributed by atoms with van der Waals surface area (Å²) >= 11 is 1.35. The Morgan fingerprint density at radius 1 is 1.47 bits per heavy atom. The van der Waals surface area contributed by atoms with Crippen LogP contribution in [0.15, 0.2) is 12.7 Å².